The molecule has 1 heterocycles. The van der Waals surface area contributed by atoms with Gasteiger partial charge in [-0.1, -0.05) is 43.2 Å². The molecule has 2 fully saturated rings. The molecule has 3 heteroatoms. The van der Waals surface area contributed by atoms with Crippen LogP contribution in [0.25, 0.3) is 0 Å². The fourth-order valence-electron chi connectivity index (χ4n) is 6.20. The van der Waals surface area contributed by atoms with E-state index < -0.39 is 0 Å². The number of likely N-dealkylation sites (N-methyl/N-ethyl adjacent to an activating group) is 1. The van der Waals surface area contributed by atoms with Gasteiger partial charge in [-0.3, -0.25) is 4.99 Å². The zero-order valence-electron chi connectivity index (χ0n) is 16.8. The molecule has 3 aliphatic rings. The first-order valence-electron chi connectivity index (χ1n) is 10.8. The zero-order chi connectivity index (χ0) is 19.1. The average molecular weight is 375 g/mol. The first-order valence-corrected chi connectivity index (χ1v) is 10.8. The average Bonchev–Trinajstić information content (AvgIpc) is 2.72. The Balaban J connectivity index is 1.48. The van der Waals surface area contributed by atoms with Crippen molar-refractivity contribution in [1.82, 2.24) is 4.90 Å². The molecule has 1 aliphatic heterocycles. The lowest BCUT2D eigenvalue weighted by Crippen LogP contribution is -2.59. The van der Waals surface area contributed by atoms with Crippen molar-refractivity contribution in [3.63, 3.8) is 0 Å². The Kier molecular flexibility index (Phi) is 4.51. The van der Waals surface area contributed by atoms with Gasteiger partial charge in [0.1, 0.15) is 5.75 Å². The van der Waals surface area contributed by atoms with Crippen LogP contribution in [0.15, 0.2) is 47.5 Å². The van der Waals surface area contributed by atoms with E-state index in [0.717, 1.165) is 17.9 Å². The van der Waals surface area contributed by atoms with Gasteiger partial charge in [-0.2, -0.15) is 0 Å². The molecule has 2 aliphatic carbocycles. The smallest absolute Gasteiger partial charge is 0.124 e. The van der Waals surface area contributed by atoms with E-state index in [1.807, 2.05) is 24.4 Å². The molecule has 28 heavy (non-hydrogen) atoms. The minimum Gasteiger partial charge on any atom is -0.507 e. The number of aromatic hydroxyl groups is 1. The number of piperidine rings is 1. The third-order valence-corrected chi connectivity index (χ3v) is 7.60. The van der Waals surface area contributed by atoms with Crippen molar-refractivity contribution in [3.8, 4) is 5.75 Å². The van der Waals surface area contributed by atoms with Crippen LogP contribution in [0.2, 0.25) is 0 Å². The predicted molar refractivity (Wildman–Crippen MR) is 114 cm³/mol. The molecule has 1 N–H and O–H groups in total. The van der Waals surface area contributed by atoms with Crippen molar-refractivity contribution in [1.29, 1.82) is 0 Å². The number of benzene rings is 2. The molecule has 0 amide bonds. The summed E-state index contributed by atoms with van der Waals surface area (Å²) in [6.07, 6.45) is 9.52. The number of hydrogen-bond acceptors (Lipinski definition) is 3. The first kappa shape index (κ1) is 17.9. The second kappa shape index (κ2) is 7.04. The number of phenols is 1. The number of nitrogens with zero attached hydrogens (tertiary/aromatic N) is 2. The molecule has 5 rings (SSSR count). The standard InChI is InChI=1S/C25H30N2O/c1-27-12-11-25-10-6-5-9-21(25)23(27)14-19-13-20(24(28)15-22(19)25)17-26-16-18-7-3-2-4-8-18/h2-4,7-8,13,15,17,21,23,28H,5-6,9-12,14,16H2,1H3/t21-,23+,25+/m0/s1. The lowest BCUT2D eigenvalue weighted by atomic mass is 9.52. The Morgan fingerprint density at radius 3 is 2.89 bits per heavy atom. The maximum Gasteiger partial charge on any atom is 0.124 e. The summed E-state index contributed by atoms with van der Waals surface area (Å²) in [5.74, 6) is 1.15. The quantitative estimate of drug-likeness (QED) is 0.791. The second-order valence-electron chi connectivity index (χ2n) is 9.03. The summed E-state index contributed by atoms with van der Waals surface area (Å²) in [7, 11) is 2.30. The van der Waals surface area contributed by atoms with Gasteiger partial charge in [0.15, 0.2) is 0 Å². The molecule has 0 unspecified atom stereocenters. The number of aliphatic imine (C=N–C) groups is 1. The molecule has 3 atom stereocenters. The van der Waals surface area contributed by atoms with Gasteiger partial charge in [-0.15, -0.1) is 0 Å². The SMILES string of the molecule is CN1CC[C@]23CCCC[C@H]2[C@H]1Cc1cc(C=NCc2ccccc2)c(O)cc13. The molecule has 1 saturated heterocycles. The lowest BCUT2D eigenvalue weighted by molar-refractivity contribution is 0.00273. The third kappa shape index (κ3) is 2.88. The van der Waals surface area contributed by atoms with Gasteiger partial charge in [-0.25, -0.2) is 0 Å². The van der Waals surface area contributed by atoms with E-state index in [-0.39, 0.29) is 0 Å². The topological polar surface area (TPSA) is 35.8 Å². The van der Waals surface area contributed by atoms with Gasteiger partial charge in [0.05, 0.1) is 6.54 Å². The van der Waals surface area contributed by atoms with E-state index in [4.69, 9.17) is 0 Å². The Hall–Kier alpha value is -2.13. The summed E-state index contributed by atoms with van der Waals surface area (Å²) in [4.78, 5) is 7.18. The van der Waals surface area contributed by atoms with Crippen LogP contribution >= 0.6 is 0 Å². The molecule has 2 bridgehead atoms. The van der Waals surface area contributed by atoms with Crippen molar-refractivity contribution in [2.24, 2.45) is 10.9 Å². The van der Waals surface area contributed by atoms with Crippen molar-refractivity contribution >= 4 is 6.21 Å². The van der Waals surface area contributed by atoms with Crippen LogP contribution in [0, 0.1) is 5.92 Å². The molecule has 146 valence electrons. The Morgan fingerprint density at radius 2 is 2.04 bits per heavy atom. The second-order valence-corrected chi connectivity index (χ2v) is 9.03. The molecule has 0 aromatic heterocycles. The van der Waals surface area contributed by atoms with E-state index >= 15 is 0 Å². The summed E-state index contributed by atoms with van der Waals surface area (Å²) in [5.41, 5.74) is 5.23. The van der Waals surface area contributed by atoms with Crippen LogP contribution in [0.3, 0.4) is 0 Å². The van der Waals surface area contributed by atoms with Gasteiger partial charge in [-0.05, 0) is 74.0 Å². The van der Waals surface area contributed by atoms with Crippen molar-refractivity contribution in [2.75, 3.05) is 13.6 Å². The van der Waals surface area contributed by atoms with Crippen molar-refractivity contribution < 1.29 is 5.11 Å². The predicted octanol–water partition coefficient (Wildman–Crippen LogP) is 4.70. The number of fused-ring (bicyclic) bond motifs is 1. The van der Waals surface area contributed by atoms with E-state index in [1.54, 1.807) is 0 Å². The van der Waals surface area contributed by atoms with E-state index in [2.05, 4.69) is 41.2 Å². The largest absolute Gasteiger partial charge is 0.507 e. The molecular formula is C25H30N2O. The molecule has 3 nitrogen and oxygen atoms in total. The Morgan fingerprint density at radius 1 is 1.18 bits per heavy atom. The van der Waals surface area contributed by atoms with Crippen LogP contribution in [0.5, 0.6) is 5.75 Å². The molecule has 0 spiro atoms. The summed E-state index contributed by atoms with van der Waals surface area (Å²) < 4.78 is 0. The van der Waals surface area contributed by atoms with E-state index in [9.17, 15) is 5.11 Å². The number of phenolic OH excluding ortho intramolecular Hbond substituents is 1. The monoisotopic (exact) mass is 374 g/mol. The van der Waals surface area contributed by atoms with Crippen LogP contribution in [-0.4, -0.2) is 35.9 Å². The summed E-state index contributed by atoms with van der Waals surface area (Å²) in [6, 6.07) is 15.2. The highest BCUT2D eigenvalue weighted by Crippen LogP contribution is 2.56. The molecule has 2 aromatic rings. The zero-order valence-corrected chi connectivity index (χ0v) is 16.8. The molecule has 0 radical (unpaired) electrons. The lowest BCUT2D eigenvalue weighted by Gasteiger charge is -2.58. The number of likely N-dealkylation sites (tertiary alicyclic amines) is 1. The summed E-state index contributed by atoms with van der Waals surface area (Å²) >= 11 is 0. The van der Waals surface area contributed by atoms with Gasteiger partial charge >= 0.3 is 0 Å². The highest BCUT2D eigenvalue weighted by molar-refractivity contribution is 5.84. The van der Waals surface area contributed by atoms with Crippen LogP contribution in [0.1, 0.15) is 54.4 Å². The highest BCUT2D eigenvalue weighted by Gasteiger charge is 2.53. The fraction of sp³-hybridized carbons (Fsp3) is 0.480. The van der Waals surface area contributed by atoms with Crippen LogP contribution in [-0.2, 0) is 18.4 Å². The molecular weight excluding hydrogens is 344 g/mol. The molecule has 2 aromatic carbocycles. The minimum absolute atomic E-state index is 0.292. The first-order chi connectivity index (χ1) is 13.7. The minimum atomic E-state index is 0.292. The number of hydrogen-bond donors (Lipinski definition) is 1. The molecule has 1 saturated carbocycles. The van der Waals surface area contributed by atoms with Gasteiger partial charge in [0.2, 0.25) is 0 Å². The highest BCUT2D eigenvalue weighted by atomic mass is 16.3. The maximum absolute atomic E-state index is 10.8. The van der Waals surface area contributed by atoms with Gasteiger partial charge in [0, 0.05) is 23.2 Å². The van der Waals surface area contributed by atoms with Crippen LogP contribution in [0.4, 0.5) is 0 Å². The van der Waals surface area contributed by atoms with Crippen molar-refractivity contribution in [2.45, 2.75) is 56.5 Å². The van der Waals surface area contributed by atoms with Crippen LogP contribution < -0.4 is 0 Å². The number of rotatable bonds is 3. The fourth-order valence-corrected chi connectivity index (χ4v) is 6.20. The third-order valence-electron chi connectivity index (χ3n) is 7.60. The van der Waals surface area contributed by atoms with E-state index in [1.165, 1.54) is 55.3 Å². The summed E-state index contributed by atoms with van der Waals surface area (Å²) in [5, 5.41) is 10.8. The van der Waals surface area contributed by atoms with Crippen molar-refractivity contribution in [3.05, 3.63) is 64.7 Å². The Bertz CT molecular complexity index is 891. The summed E-state index contributed by atoms with van der Waals surface area (Å²) in [6.45, 7) is 1.83. The van der Waals surface area contributed by atoms with E-state index in [0.29, 0.717) is 23.8 Å². The Labute approximate surface area is 168 Å². The van der Waals surface area contributed by atoms with Gasteiger partial charge < -0.3 is 10.0 Å². The maximum atomic E-state index is 10.8. The van der Waals surface area contributed by atoms with Gasteiger partial charge in [0.25, 0.3) is 0 Å². The normalized spacial score (nSPS) is 29.5.